The molecule has 1 aliphatic rings. The number of esters is 1. The van der Waals surface area contributed by atoms with Crippen LogP contribution in [-0.4, -0.2) is 61.6 Å². The highest BCUT2D eigenvalue weighted by Gasteiger charge is 2.49. The van der Waals surface area contributed by atoms with Crippen LogP contribution in [0.5, 0.6) is 5.75 Å². The van der Waals surface area contributed by atoms with E-state index in [9.17, 15) is 9.59 Å². The van der Waals surface area contributed by atoms with Crippen molar-refractivity contribution in [1.82, 2.24) is 0 Å². The number of ether oxygens (including phenoxy) is 3. The van der Waals surface area contributed by atoms with Crippen molar-refractivity contribution >= 4 is 28.4 Å². The van der Waals surface area contributed by atoms with Crippen LogP contribution in [0.25, 0.3) is 0 Å². The Bertz CT molecular complexity index is 1310. The minimum atomic E-state index is -2.23. The molecule has 2 rings (SSSR count). The van der Waals surface area contributed by atoms with Crippen LogP contribution in [0.3, 0.4) is 0 Å². The fraction of sp³-hybridized carbons (Fsp3) is 0.692. The lowest BCUT2D eigenvalue weighted by atomic mass is 9.84. The summed E-state index contributed by atoms with van der Waals surface area (Å²) in [5, 5.41) is 0.0208. The number of carbonyl (C=O) groups excluding carboxylic acids is 2. The lowest BCUT2D eigenvalue weighted by Gasteiger charge is -2.41. The third-order valence-electron chi connectivity index (χ3n) is 10.6. The van der Waals surface area contributed by atoms with Crippen LogP contribution in [-0.2, 0) is 34.3 Å². The van der Waals surface area contributed by atoms with E-state index in [-0.39, 0.29) is 52.7 Å². The summed E-state index contributed by atoms with van der Waals surface area (Å²) in [5.74, 6) is 6.31. The number of carbonyl (C=O) groups is 2. The summed E-state index contributed by atoms with van der Waals surface area (Å²) in [7, 11) is -1.38. The number of Topliss-reactive ketones (excluding diaryl/α,β-unsaturated/α-hetero) is 1. The number of para-hydroxylation sites is 1. The minimum Gasteiger partial charge on any atom is -0.469 e. The van der Waals surface area contributed by atoms with Gasteiger partial charge in [-0.25, -0.2) is 0 Å². The molecule has 1 fully saturated rings. The number of aryl methyl sites for hydroxylation is 1. The summed E-state index contributed by atoms with van der Waals surface area (Å²) >= 11 is 0. The molecule has 1 aromatic rings. The van der Waals surface area contributed by atoms with Crippen molar-refractivity contribution in [3.8, 4) is 17.6 Å². The molecule has 0 N–H and O–H groups in total. The van der Waals surface area contributed by atoms with Gasteiger partial charge in [0.1, 0.15) is 11.5 Å². The first kappa shape index (κ1) is 41.9. The molecule has 9 heteroatoms. The molecule has 0 aromatic heterocycles. The van der Waals surface area contributed by atoms with Crippen LogP contribution in [0.1, 0.15) is 98.1 Å². The highest BCUT2D eigenvalue weighted by Crippen LogP contribution is 2.48. The van der Waals surface area contributed by atoms with Crippen molar-refractivity contribution in [1.29, 1.82) is 0 Å². The van der Waals surface area contributed by atoms with Crippen LogP contribution in [0, 0.1) is 23.7 Å². The van der Waals surface area contributed by atoms with Crippen molar-refractivity contribution in [2.45, 2.75) is 142 Å². The van der Waals surface area contributed by atoms with Gasteiger partial charge in [-0.1, -0.05) is 78.8 Å². The van der Waals surface area contributed by atoms with Gasteiger partial charge in [0, 0.05) is 37.9 Å². The molecule has 1 aliphatic carbocycles. The van der Waals surface area contributed by atoms with Crippen LogP contribution in [0.15, 0.2) is 30.4 Å². The van der Waals surface area contributed by atoms with Crippen LogP contribution in [0.4, 0.5) is 0 Å². The van der Waals surface area contributed by atoms with Gasteiger partial charge in [0.25, 0.3) is 0 Å². The molecule has 5 unspecified atom stereocenters. The molecule has 0 saturated heterocycles. The number of rotatable bonds is 16. The normalized spacial score (nSPS) is 20.4. The molecule has 1 saturated carbocycles. The van der Waals surface area contributed by atoms with Gasteiger partial charge in [-0.05, 0) is 67.5 Å². The Morgan fingerprint density at radius 1 is 1.04 bits per heavy atom. The molecule has 1 aromatic carbocycles. The maximum absolute atomic E-state index is 14.2. The molecule has 0 amide bonds. The van der Waals surface area contributed by atoms with Crippen LogP contribution in [0.2, 0.25) is 36.3 Å². The molecule has 48 heavy (non-hydrogen) atoms. The summed E-state index contributed by atoms with van der Waals surface area (Å²) < 4.78 is 30.5. The van der Waals surface area contributed by atoms with E-state index in [0.717, 1.165) is 17.5 Å². The van der Waals surface area contributed by atoms with E-state index in [4.69, 9.17) is 23.1 Å². The minimum absolute atomic E-state index is 0.0179. The monoisotopic (exact) mass is 700 g/mol. The predicted octanol–water partition coefficient (Wildman–Crippen LogP) is 9.22. The average Bonchev–Trinajstić information content (AvgIpc) is 3.28. The molecular weight excluding hydrogens is 637 g/mol. The van der Waals surface area contributed by atoms with Crippen molar-refractivity contribution in [3.63, 3.8) is 0 Å². The van der Waals surface area contributed by atoms with Gasteiger partial charge in [0.05, 0.1) is 25.2 Å². The van der Waals surface area contributed by atoms with Gasteiger partial charge in [-0.15, -0.1) is 11.8 Å². The van der Waals surface area contributed by atoms with Gasteiger partial charge in [-0.3, -0.25) is 9.59 Å². The van der Waals surface area contributed by atoms with E-state index in [1.807, 2.05) is 25.1 Å². The number of hydrogen-bond donors (Lipinski definition) is 0. The fourth-order valence-corrected chi connectivity index (χ4v) is 8.22. The zero-order valence-electron chi connectivity index (χ0n) is 32.4. The Kier molecular flexibility index (Phi) is 15.4. The molecule has 0 radical (unpaired) electrons. The van der Waals surface area contributed by atoms with Crippen molar-refractivity contribution in [3.05, 3.63) is 41.5 Å². The summed E-state index contributed by atoms with van der Waals surface area (Å²) in [4.78, 5) is 26.1. The molecule has 0 bridgehead atoms. The smallest absolute Gasteiger partial charge is 0.305 e. The largest absolute Gasteiger partial charge is 0.469 e. The maximum atomic E-state index is 14.2. The van der Waals surface area contributed by atoms with Crippen LogP contribution >= 0.6 is 0 Å². The van der Waals surface area contributed by atoms with E-state index in [2.05, 4.69) is 98.6 Å². The van der Waals surface area contributed by atoms with Crippen molar-refractivity contribution in [2.75, 3.05) is 21.0 Å². The van der Waals surface area contributed by atoms with E-state index in [0.29, 0.717) is 31.4 Å². The maximum Gasteiger partial charge on any atom is 0.305 e. The quantitative estimate of drug-likeness (QED) is 0.0559. The zero-order chi connectivity index (χ0) is 36.5. The van der Waals surface area contributed by atoms with Gasteiger partial charge >= 0.3 is 5.97 Å². The highest BCUT2D eigenvalue weighted by molar-refractivity contribution is 6.74. The number of ketones is 1. The number of hydrogen-bond acceptors (Lipinski definition) is 7. The Hall–Kier alpha value is -2.23. The molecule has 0 spiro atoms. The third kappa shape index (κ3) is 11.1. The second-order valence-electron chi connectivity index (χ2n) is 16.3. The topological polar surface area (TPSA) is 80.3 Å². The standard InChI is InChI=1S/C39H64O7Si2/c1-15-16-19-28(2)33(45-47(11,12)38(3,4)5)25-24-30-34(46-48(13,14)39(6,7)8)26-32(40)36(30)31-22-17-20-29(37(31)44-27-42-9)21-18-23-35(41)43-10/h17,20,22,24-25,28,30,33-34,36H,18-19,21,23,26-27H2,1-14H3/b25-24+. The molecule has 5 atom stereocenters. The highest BCUT2D eigenvalue weighted by atomic mass is 28.4. The van der Waals surface area contributed by atoms with Crippen LogP contribution < -0.4 is 4.74 Å². The Balaban J connectivity index is 2.71. The first-order chi connectivity index (χ1) is 22.2. The zero-order valence-corrected chi connectivity index (χ0v) is 34.4. The second kappa shape index (κ2) is 17.6. The van der Waals surface area contributed by atoms with Crippen molar-refractivity contribution < 1.29 is 32.7 Å². The molecular formula is C39H64O7Si2. The summed E-state index contributed by atoms with van der Waals surface area (Å²) in [6, 6.07) is 5.97. The number of methoxy groups -OCH3 is 2. The lowest BCUT2D eigenvalue weighted by molar-refractivity contribution is -0.140. The van der Waals surface area contributed by atoms with E-state index in [1.54, 1.807) is 7.11 Å². The van der Waals surface area contributed by atoms with Gasteiger partial charge in [0.2, 0.25) is 0 Å². The lowest BCUT2D eigenvalue weighted by Crippen LogP contribution is -2.45. The second-order valence-corrected chi connectivity index (χ2v) is 25.8. The average molecular weight is 701 g/mol. The van der Waals surface area contributed by atoms with Gasteiger partial charge in [-0.2, -0.15) is 0 Å². The first-order valence-corrected chi connectivity index (χ1v) is 23.3. The molecule has 0 heterocycles. The van der Waals surface area contributed by atoms with E-state index in [1.165, 1.54) is 7.11 Å². The van der Waals surface area contributed by atoms with Gasteiger partial charge in [0.15, 0.2) is 23.4 Å². The first-order valence-electron chi connectivity index (χ1n) is 17.5. The Morgan fingerprint density at radius 3 is 2.25 bits per heavy atom. The van der Waals surface area contributed by atoms with Crippen molar-refractivity contribution in [2.24, 2.45) is 11.8 Å². The Morgan fingerprint density at radius 2 is 1.69 bits per heavy atom. The summed E-state index contributed by atoms with van der Waals surface area (Å²) in [6.45, 7) is 26.6. The van der Waals surface area contributed by atoms with E-state index >= 15 is 0 Å². The summed E-state index contributed by atoms with van der Waals surface area (Å²) in [5.41, 5.74) is 1.76. The predicted molar refractivity (Wildman–Crippen MR) is 200 cm³/mol. The fourth-order valence-electron chi connectivity index (χ4n) is 5.53. The SMILES string of the molecule is CC#CCC(C)C(/C=C/C1C(O[Si](C)(C)C(C)(C)C)CC(=O)C1c1cccc(CCCC(=O)OC)c1OCOC)O[Si](C)(C)C(C)(C)C. The summed E-state index contributed by atoms with van der Waals surface area (Å²) in [6.07, 6.45) is 6.50. The number of benzene rings is 1. The molecule has 270 valence electrons. The van der Waals surface area contributed by atoms with Gasteiger partial charge < -0.3 is 23.1 Å². The Labute approximate surface area is 294 Å². The molecule has 7 nitrogen and oxygen atoms in total. The third-order valence-corrected chi connectivity index (χ3v) is 19.6. The van der Waals surface area contributed by atoms with E-state index < -0.39 is 22.6 Å². The molecule has 0 aliphatic heterocycles.